The number of allylic oxidation sites excluding steroid dienone is 2. The summed E-state index contributed by atoms with van der Waals surface area (Å²) in [6, 6.07) is 0. The van der Waals surface area contributed by atoms with Crippen molar-refractivity contribution in [2.45, 2.75) is 13.3 Å². The van der Waals surface area contributed by atoms with E-state index < -0.39 is 5.97 Å². The van der Waals surface area contributed by atoms with Crippen molar-refractivity contribution < 1.29 is 9.90 Å². The van der Waals surface area contributed by atoms with Crippen molar-refractivity contribution in [1.82, 2.24) is 0 Å². The van der Waals surface area contributed by atoms with Crippen LogP contribution in [0.5, 0.6) is 0 Å². The van der Waals surface area contributed by atoms with E-state index in [0.29, 0.717) is 12.0 Å². The van der Waals surface area contributed by atoms with Crippen molar-refractivity contribution in [2.24, 2.45) is 5.73 Å². The molecule has 0 spiro atoms. The molecule has 0 aromatic heterocycles. The van der Waals surface area contributed by atoms with Crippen LogP contribution in [0.25, 0.3) is 0 Å². The molecule has 0 fully saturated rings. The summed E-state index contributed by atoms with van der Waals surface area (Å²) < 4.78 is 0. The molecule has 0 aliphatic rings. The van der Waals surface area contributed by atoms with Crippen molar-refractivity contribution in [1.29, 1.82) is 0 Å². The van der Waals surface area contributed by atoms with Gasteiger partial charge >= 0.3 is 5.97 Å². The van der Waals surface area contributed by atoms with E-state index >= 15 is 0 Å². The van der Waals surface area contributed by atoms with Crippen LogP contribution in [0.2, 0.25) is 0 Å². The third kappa shape index (κ3) is 1.93. The highest BCUT2D eigenvalue weighted by molar-refractivity contribution is 5.86. The van der Waals surface area contributed by atoms with Crippen LogP contribution in [0.1, 0.15) is 13.3 Å². The lowest BCUT2D eigenvalue weighted by Gasteiger charge is -1.98. The number of carbonyl (C=O) groups is 1. The first-order chi connectivity index (χ1) is 4.63. The van der Waals surface area contributed by atoms with E-state index in [0.717, 1.165) is 0 Å². The molecule has 0 aliphatic carbocycles. The zero-order valence-electron chi connectivity index (χ0n) is 5.92. The second-order valence-corrected chi connectivity index (χ2v) is 1.80. The Bertz CT molecular complexity index is 182. The van der Waals surface area contributed by atoms with Gasteiger partial charge in [0.05, 0.1) is 0 Å². The van der Waals surface area contributed by atoms with Gasteiger partial charge in [-0.25, -0.2) is 4.79 Å². The van der Waals surface area contributed by atoms with Crippen LogP contribution in [0.15, 0.2) is 23.9 Å². The minimum atomic E-state index is -1.09. The molecule has 56 valence electrons. The van der Waals surface area contributed by atoms with E-state index in [-0.39, 0.29) is 5.70 Å². The summed E-state index contributed by atoms with van der Waals surface area (Å²) in [6.07, 6.45) is 2.06. The average molecular weight is 141 g/mol. The number of carboxylic acid groups (broad SMARTS) is 1. The summed E-state index contributed by atoms with van der Waals surface area (Å²) in [5.41, 5.74) is 5.65. The van der Waals surface area contributed by atoms with Crippen molar-refractivity contribution in [3.05, 3.63) is 23.9 Å². The van der Waals surface area contributed by atoms with Gasteiger partial charge in [-0.2, -0.15) is 0 Å². The van der Waals surface area contributed by atoms with E-state index in [1.165, 1.54) is 6.08 Å². The first-order valence-corrected chi connectivity index (χ1v) is 2.97. The van der Waals surface area contributed by atoms with E-state index in [1.807, 2.05) is 6.92 Å². The van der Waals surface area contributed by atoms with Crippen LogP contribution in [0.3, 0.4) is 0 Å². The van der Waals surface area contributed by atoms with Crippen LogP contribution in [0.4, 0.5) is 0 Å². The number of rotatable bonds is 3. The number of hydrogen-bond donors (Lipinski definition) is 2. The van der Waals surface area contributed by atoms with E-state index in [1.54, 1.807) is 0 Å². The molecule has 3 N–H and O–H groups in total. The molecule has 0 saturated heterocycles. The summed E-state index contributed by atoms with van der Waals surface area (Å²) in [7, 11) is 0. The zero-order chi connectivity index (χ0) is 8.15. The second-order valence-electron chi connectivity index (χ2n) is 1.80. The molecule has 0 aromatic carbocycles. The average Bonchev–Trinajstić information content (AvgIpc) is 1.90. The first-order valence-electron chi connectivity index (χ1n) is 2.97. The lowest BCUT2D eigenvalue weighted by Crippen LogP contribution is -2.12. The molecule has 10 heavy (non-hydrogen) atoms. The summed E-state index contributed by atoms with van der Waals surface area (Å²) in [5, 5.41) is 8.38. The van der Waals surface area contributed by atoms with Crippen molar-refractivity contribution >= 4 is 5.97 Å². The van der Waals surface area contributed by atoms with Gasteiger partial charge in [-0.3, -0.25) is 0 Å². The van der Waals surface area contributed by atoms with Crippen molar-refractivity contribution in [2.75, 3.05) is 0 Å². The largest absolute Gasteiger partial charge is 0.477 e. The van der Waals surface area contributed by atoms with E-state index in [2.05, 4.69) is 6.58 Å². The molecule has 0 saturated carbocycles. The molecule has 0 atom stereocenters. The van der Waals surface area contributed by atoms with Crippen LogP contribution < -0.4 is 5.73 Å². The maximum Gasteiger partial charge on any atom is 0.352 e. The Morgan fingerprint density at radius 3 is 2.40 bits per heavy atom. The topological polar surface area (TPSA) is 63.3 Å². The standard InChI is InChI=1S/C7H11NO2/c1-3-5(4-2)6(8)7(9)10/h3H,1,4,8H2,2H3,(H,9,10)/b6-5+. The van der Waals surface area contributed by atoms with Crippen molar-refractivity contribution in [3.8, 4) is 0 Å². The fraction of sp³-hybridized carbons (Fsp3) is 0.286. The fourth-order valence-electron chi connectivity index (χ4n) is 0.582. The van der Waals surface area contributed by atoms with Crippen LogP contribution in [0, 0.1) is 0 Å². The smallest absolute Gasteiger partial charge is 0.352 e. The Kier molecular flexibility index (Phi) is 3.25. The molecule has 0 heterocycles. The molecule has 0 rings (SSSR count). The Hall–Kier alpha value is -1.25. The lowest BCUT2D eigenvalue weighted by atomic mass is 10.1. The number of aliphatic carboxylic acids is 1. The van der Waals surface area contributed by atoms with Gasteiger partial charge in [0.15, 0.2) is 0 Å². The van der Waals surface area contributed by atoms with Gasteiger partial charge in [0.2, 0.25) is 0 Å². The molecule has 0 radical (unpaired) electrons. The maximum atomic E-state index is 10.2. The highest BCUT2D eigenvalue weighted by Gasteiger charge is 2.04. The normalized spacial score (nSPS) is 12.1. The Morgan fingerprint density at radius 1 is 1.80 bits per heavy atom. The van der Waals surface area contributed by atoms with Crippen LogP contribution in [-0.4, -0.2) is 11.1 Å². The lowest BCUT2D eigenvalue weighted by molar-refractivity contribution is -0.132. The molecular weight excluding hydrogens is 130 g/mol. The first kappa shape index (κ1) is 8.75. The molecule has 0 bridgehead atoms. The Morgan fingerprint density at radius 2 is 2.30 bits per heavy atom. The fourth-order valence-corrected chi connectivity index (χ4v) is 0.582. The third-order valence-corrected chi connectivity index (χ3v) is 1.20. The van der Waals surface area contributed by atoms with Gasteiger partial charge in [0.25, 0.3) is 0 Å². The predicted molar refractivity (Wildman–Crippen MR) is 39.3 cm³/mol. The molecule has 0 aromatic rings. The monoisotopic (exact) mass is 141 g/mol. The summed E-state index contributed by atoms with van der Waals surface area (Å²) in [4.78, 5) is 10.2. The Labute approximate surface area is 59.8 Å². The van der Waals surface area contributed by atoms with E-state index in [9.17, 15) is 4.79 Å². The van der Waals surface area contributed by atoms with Gasteiger partial charge in [0.1, 0.15) is 5.70 Å². The van der Waals surface area contributed by atoms with Crippen molar-refractivity contribution in [3.63, 3.8) is 0 Å². The van der Waals surface area contributed by atoms with Crippen LogP contribution >= 0.6 is 0 Å². The summed E-state index contributed by atoms with van der Waals surface area (Å²) >= 11 is 0. The summed E-state index contributed by atoms with van der Waals surface area (Å²) in [6.45, 7) is 5.26. The maximum absolute atomic E-state index is 10.2. The number of nitrogens with two attached hydrogens (primary N) is 1. The second kappa shape index (κ2) is 3.71. The minimum absolute atomic E-state index is 0.113. The van der Waals surface area contributed by atoms with Gasteiger partial charge in [-0.05, 0) is 12.0 Å². The third-order valence-electron chi connectivity index (χ3n) is 1.20. The Balaban J connectivity index is 4.59. The highest BCUT2D eigenvalue weighted by atomic mass is 16.4. The summed E-state index contributed by atoms with van der Waals surface area (Å²) in [5.74, 6) is -1.09. The van der Waals surface area contributed by atoms with E-state index in [4.69, 9.17) is 10.8 Å². The quantitative estimate of drug-likeness (QED) is 0.453. The molecular formula is C7H11NO2. The van der Waals surface area contributed by atoms with Crippen LogP contribution in [-0.2, 0) is 4.79 Å². The van der Waals surface area contributed by atoms with Gasteiger partial charge < -0.3 is 10.8 Å². The molecule has 0 amide bonds. The van der Waals surface area contributed by atoms with Gasteiger partial charge in [-0.15, -0.1) is 0 Å². The zero-order valence-corrected chi connectivity index (χ0v) is 5.92. The van der Waals surface area contributed by atoms with Gasteiger partial charge in [-0.1, -0.05) is 19.6 Å². The number of hydrogen-bond acceptors (Lipinski definition) is 2. The minimum Gasteiger partial charge on any atom is -0.477 e. The SMILES string of the molecule is C=C/C(CC)=C(\N)C(=O)O. The number of carboxylic acids is 1. The van der Waals surface area contributed by atoms with Gasteiger partial charge in [0, 0.05) is 0 Å². The molecule has 0 aliphatic heterocycles. The molecule has 3 heteroatoms. The predicted octanol–water partition coefficient (Wildman–Crippen LogP) is 0.880. The molecule has 3 nitrogen and oxygen atoms in total. The molecule has 0 unspecified atom stereocenters. The highest BCUT2D eigenvalue weighted by Crippen LogP contribution is 2.04.